The molecule has 0 bridgehead atoms. The predicted molar refractivity (Wildman–Crippen MR) is 68.3 cm³/mol. The van der Waals surface area contributed by atoms with Crippen molar-refractivity contribution in [1.82, 2.24) is 15.3 Å². The molecule has 94 valence electrons. The summed E-state index contributed by atoms with van der Waals surface area (Å²) >= 11 is 0. The molecule has 1 heterocycles. The van der Waals surface area contributed by atoms with E-state index < -0.39 is 0 Å². The summed E-state index contributed by atoms with van der Waals surface area (Å²) in [5.74, 6) is 1.30. The monoisotopic (exact) mass is 237 g/mol. The fourth-order valence-electron chi connectivity index (χ4n) is 1.43. The predicted octanol–water partition coefficient (Wildman–Crippen LogP) is 0.399. The Bertz CT molecular complexity index is 393. The van der Waals surface area contributed by atoms with Crippen molar-refractivity contribution >= 4 is 17.7 Å². The van der Waals surface area contributed by atoms with E-state index in [1.165, 1.54) is 0 Å². The third kappa shape index (κ3) is 3.58. The van der Waals surface area contributed by atoms with Gasteiger partial charge in [-0.15, -0.1) is 0 Å². The quantitative estimate of drug-likeness (QED) is 0.775. The maximum atomic E-state index is 11.3. The molecule has 1 amide bonds. The van der Waals surface area contributed by atoms with Crippen molar-refractivity contribution < 1.29 is 4.79 Å². The van der Waals surface area contributed by atoms with Crippen molar-refractivity contribution in [2.24, 2.45) is 0 Å². The number of carbonyl (C=O) groups is 1. The van der Waals surface area contributed by atoms with Crippen LogP contribution in [0.3, 0.4) is 0 Å². The van der Waals surface area contributed by atoms with Crippen molar-refractivity contribution in [1.29, 1.82) is 0 Å². The number of aromatic nitrogens is 2. The first-order valence-corrected chi connectivity index (χ1v) is 5.57. The Kier molecular flexibility index (Phi) is 4.68. The van der Waals surface area contributed by atoms with Crippen LogP contribution in [0.1, 0.15) is 12.5 Å². The van der Waals surface area contributed by atoms with Crippen molar-refractivity contribution in [3.63, 3.8) is 0 Å². The molecule has 0 saturated heterocycles. The molecular formula is C11H19N5O. The lowest BCUT2D eigenvalue weighted by atomic mass is 10.3. The molecule has 1 aromatic rings. The van der Waals surface area contributed by atoms with Gasteiger partial charge in [-0.3, -0.25) is 4.79 Å². The summed E-state index contributed by atoms with van der Waals surface area (Å²) in [6.45, 7) is 4.95. The molecule has 1 rings (SSSR count). The van der Waals surface area contributed by atoms with E-state index in [1.807, 2.05) is 20.9 Å². The molecule has 0 atom stereocenters. The molecule has 2 N–H and O–H groups in total. The van der Waals surface area contributed by atoms with E-state index in [2.05, 4.69) is 20.6 Å². The molecule has 0 aliphatic rings. The lowest BCUT2D eigenvalue weighted by molar-refractivity contribution is -0.119. The number of nitrogens with zero attached hydrogens (tertiary/aromatic N) is 3. The van der Waals surface area contributed by atoms with Gasteiger partial charge in [0.15, 0.2) is 0 Å². The number of hydrogen-bond acceptors (Lipinski definition) is 5. The minimum atomic E-state index is -0.0458. The van der Waals surface area contributed by atoms with Gasteiger partial charge in [0.1, 0.15) is 5.82 Å². The summed E-state index contributed by atoms with van der Waals surface area (Å²) < 4.78 is 0. The maximum Gasteiger partial charge on any atom is 0.239 e. The maximum absolute atomic E-state index is 11.3. The largest absolute Gasteiger partial charge is 0.358 e. The zero-order valence-corrected chi connectivity index (χ0v) is 10.7. The zero-order valence-electron chi connectivity index (χ0n) is 10.7. The first-order chi connectivity index (χ1) is 8.08. The number of carbonyl (C=O) groups excluding carboxylic acids is 1. The number of nitrogens with one attached hydrogen (secondary N) is 2. The highest BCUT2D eigenvalue weighted by Crippen LogP contribution is 2.16. The summed E-state index contributed by atoms with van der Waals surface area (Å²) in [6.07, 6.45) is 1.75. The Morgan fingerprint density at radius 1 is 1.53 bits per heavy atom. The second kappa shape index (κ2) is 6.03. The highest BCUT2D eigenvalue weighted by atomic mass is 16.1. The third-order valence-corrected chi connectivity index (χ3v) is 2.30. The summed E-state index contributed by atoms with van der Waals surface area (Å²) in [5.41, 5.74) is 0.943. The Hall–Kier alpha value is -1.85. The first-order valence-electron chi connectivity index (χ1n) is 5.57. The molecule has 0 aromatic carbocycles. The van der Waals surface area contributed by atoms with Crippen molar-refractivity contribution in [2.75, 3.05) is 37.4 Å². The van der Waals surface area contributed by atoms with Crippen LogP contribution in [0.15, 0.2) is 6.20 Å². The second-order valence-corrected chi connectivity index (χ2v) is 3.76. The number of amides is 1. The molecule has 0 aliphatic carbocycles. The first kappa shape index (κ1) is 13.2. The van der Waals surface area contributed by atoms with Gasteiger partial charge in [0, 0.05) is 32.4 Å². The van der Waals surface area contributed by atoms with Gasteiger partial charge in [-0.25, -0.2) is 4.98 Å². The van der Waals surface area contributed by atoms with E-state index in [0.717, 1.165) is 17.9 Å². The average Bonchev–Trinajstić information content (AvgIpc) is 2.31. The molecule has 0 fully saturated rings. The van der Waals surface area contributed by atoms with E-state index in [-0.39, 0.29) is 12.5 Å². The molecule has 0 aliphatic heterocycles. The SMILES string of the molecule is CCNc1ncc(C)c(N(C)CC(=O)NC)n1. The molecule has 17 heavy (non-hydrogen) atoms. The number of anilines is 2. The molecule has 0 radical (unpaired) electrons. The average molecular weight is 237 g/mol. The summed E-state index contributed by atoms with van der Waals surface area (Å²) in [6, 6.07) is 0. The molecule has 6 heteroatoms. The van der Waals surface area contributed by atoms with Gasteiger partial charge in [0.25, 0.3) is 0 Å². The van der Waals surface area contributed by atoms with Crippen LogP contribution in [0.2, 0.25) is 0 Å². The highest BCUT2D eigenvalue weighted by Gasteiger charge is 2.11. The molecule has 0 spiro atoms. The van der Waals surface area contributed by atoms with Crippen LogP contribution in [0.5, 0.6) is 0 Å². The molecule has 6 nitrogen and oxygen atoms in total. The fourth-order valence-corrected chi connectivity index (χ4v) is 1.43. The van der Waals surface area contributed by atoms with Crippen LogP contribution in [-0.4, -0.2) is 43.1 Å². The van der Waals surface area contributed by atoms with E-state index >= 15 is 0 Å². The second-order valence-electron chi connectivity index (χ2n) is 3.76. The number of hydrogen-bond donors (Lipinski definition) is 2. The number of rotatable bonds is 5. The summed E-state index contributed by atoms with van der Waals surface area (Å²) in [7, 11) is 3.45. The van der Waals surface area contributed by atoms with Crippen molar-refractivity contribution in [3.05, 3.63) is 11.8 Å². The van der Waals surface area contributed by atoms with Gasteiger partial charge < -0.3 is 15.5 Å². The standard InChI is InChI=1S/C11H19N5O/c1-5-13-11-14-6-8(2)10(15-11)16(4)7-9(17)12-3/h6H,5,7H2,1-4H3,(H,12,17)(H,13,14,15). The van der Waals surface area contributed by atoms with Crippen molar-refractivity contribution in [2.45, 2.75) is 13.8 Å². The Morgan fingerprint density at radius 2 is 2.24 bits per heavy atom. The minimum absolute atomic E-state index is 0.0458. The number of likely N-dealkylation sites (N-methyl/N-ethyl adjacent to an activating group) is 2. The van der Waals surface area contributed by atoms with E-state index in [4.69, 9.17) is 0 Å². The highest BCUT2D eigenvalue weighted by molar-refractivity contribution is 5.80. The van der Waals surface area contributed by atoms with Gasteiger partial charge in [0.05, 0.1) is 6.54 Å². The van der Waals surface area contributed by atoms with Gasteiger partial charge in [-0.2, -0.15) is 4.98 Å². The number of aryl methyl sites for hydroxylation is 1. The summed E-state index contributed by atoms with van der Waals surface area (Å²) in [4.78, 5) is 21.6. The molecule has 0 saturated carbocycles. The van der Waals surface area contributed by atoms with E-state index in [0.29, 0.717) is 5.95 Å². The Morgan fingerprint density at radius 3 is 2.82 bits per heavy atom. The third-order valence-electron chi connectivity index (χ3n) is 2.30. The Labute approximate surface area is 101 Å². The van der Waals surface area contributed by atoms with Crippen LogP contribution in [0.4, 0.5) is 11.8 Å². The van der Waals surface area contributed by atoms with Crippen LogP contribution >= 0.6 is 0 Å². The van der Waals surface area contributed by atoms with Crippen LogP contribution in [0, 0.1) is 6.92 Å². The van der Waals surface area contributed by atoms with Gasteiger partial charge >= 0.3 is 0 Å². The van der Waals surface area contributed by atoms with E-state index in [9.17, 15) is 4.79 Å². The lowest BCUT2D eigenvalue weighted by Gasteiger charge is -2.19. The summed E-state index contributed by atoms with van der Waals surface area (Å²) in [5, 5.41) is 5.63. The van der Waals surface area contributed by atoms with Gasteiger partial charge in [0.2, 0.25) is 11.9 Å². The van der Waals surface area contributed by atoms with Gasteiger partial charge in [-0.1, -0.05) is 0 Å². The normalized spacial score (nSPS) is 9.88. The topological polar surface area (TPSA) is 70.2 Å². The van der Waals surface area contributed by atoms with E-state index in [1.54, 1.807) is 18.1 Å². The smallest absolute Gasteiger partial charge is 0.239 e. The van der Waals surface area contributed by atoms with Crippen molar-refractivity contribution in [3.8, 4) is 0 Å². The molecule has 0 unspecified atom stereocenters. The molecular weight excluding hydrogens is 218 g/mol. The van der Waals surface area contributed by atoms with Crippen LogP contribution < -0.4 is 15.5 Å². The Balaban J connectivity index is 2.87. The van der Waals surface area contributed by atoms with Crippen LogP contribution in [-0.2, 0) is 4.79 Å². The fraction of sp³-hybridized carbons (Fsp3) is 0.545. The lowest BCUT2D eigenvalue weighted by Crippen LogP contribution is -2.33. The minimum Gasteiger partial charge on any atom is -0.358 e. The van der Waals surface area contributed by atoms with Crippen LogP contribution in [0.25, 0.3) is 0 Å². The van der Waals surface area contributed by atoms with Gasteiger partial charge in [-0.05, 0) is 13.8 Å². The zero-order chi connectivity index (χ0) is 12.8. The molecule has 1 aromatic heterocycles.